The Morgan fingerprint density at radius 1 is 1.39 bits per heavy atom. The van der Waals surface area contributed by atoms with Gasteiger partial charge >= 0.3 is 0 Å². The van der Waals surface area contributed by atoms with Crippen LogP contribution in [0.15, 0.2) is 42.7 Å². The quantitative estimate of drug-likeness (QED) is 0.771. The van der Waals surface area contributed by atoms with E-state index in [0.29, 0.717) is 12.6 Å². The molecule has 0 aliphatic heterocycles. The average molecular weight is 311 g/mol. The lowest BCUT2D eigenvalue weighted by molar-refractivity contribution is -0.127. The van der Waals surface area contributed by atoms with E-state index in [4.69, 9.17) is 4.74 Å². The average Bonchev–Trinajstić information content (AvgIpc) is 3.32. The van der Waals surface area contributed by atoms with Crippen molar-refractivity contribution in [1.82, 2.24) is 14.7 Å². The van der Waals surface area contributed by atoms with Gasteiger partial charge in [0.1, 0.15) is 5.75 Å². The Balaban J connectivity index is 1.68. The summed E-state index contributed by atoms with van der Waals surface area (Å²) < 4.78 is 6.89. The number of carbonyl (C=O) groups excluding carboxylic acids is 1. The summed E-state index contributed by atoms with van der Waals surface area (Å²) in [5.74, 6) is 0.877. The van der Waals surface area contributed by atoms with Gasteiger partial charge in [-0.2, -0.15) is 5.10 Å². The highest BCUT2D eigenvalue weighted by Gasteiger charge is 2.31. The fourth-order valence-corrected chi connectivity index (χ4v) is 2.49. The van der Waals surface area contributed by atoms with Crippen molar-refractivity contribution in [1.29, 1.82) is 0 Å². The second-order valence-corrected chi connectivity index (χ2v) is 5.83. The second-order valence-electron chi connectivity index (χ2n) is 5.83. The van der Waals surface area contributed by atoms with Crippen molar-refractivity contribution in [2.45, 2.75) is 25.4 Å². The molecule has 1 aliphatic rings. The van der Waals surface area contributed by atoms with Crippen LogP contribution in [0.4, 0.5) is 0 Å². The maximum Gasteiger partial charge on any atom is 0.247 e. The van der Waals surface area contributed by atoms with Crippen LogP contribution in [0.3, 0.4) is 0 Å². The number of benzene rings is 1. The zero-order valence-corrected chi connectivity index (χ0v) is 13.5. The Kier molecular flexibility index (Phi) is 4.46. The van der Waals surface area contributed by atoms with Crippen molar-refractivity contribution in [2.24, 2.45) is 7.05 Å². The van der Waals surface area contributed by atoms with Gasteiger partial charge < -0.3 is 9.64 Å². The van der Waals surface area contributed by atoms with Gasteiger partial charge in [0.2, 0.25) is 5.91 Å². The number of aryl methyl sites for hydroxylation is 1. The zero-order valence-electron chi connectivity index (χ0n) is 13.5. The van der Waals surface area contributed by atoms with Crippen molar-refractivity contribution in [3.63, 3.8) is 0 Å². The molecule has 1 amide bonds. The lowest BCUT2D eigenvalue weighted by atomic mass is 10.2. The number of aromatic nitrogens is 2. The Bertz CT molecular complexity index is 699. The number of nitrogens with zero attached hydrogens (tertiary/aromatic N) is 3. The molecule has 1 saturated carbocycles. The molecule has 0 bridgehead atoms. The zero-order chi connectivity index (χ0) is 16.2. The molecule has 1 aromatic heterocycles. The maximum atomic E-state index is 12.5. The fourth-order valence-electron chi connectivity index (χ4n) is 2.49. The maximum absolute atomic E-state index is 12.5. The summed E-state index contributed by atoms with van der Waals surface area (Å²) in [4.78, 5) is 14.5. The molecule has 1 heterocycles. The smallest absolute Gasteiger partial charge is 0.247 e. The van der Waals surface area contributed by atoms with Crippen LogP contribution in [-0.2, 0) is 18.4 Å². The van der Waals surface area contributed by atoms with Gasteiger partial charge in [0.05, 0.1) is 13.3 Å². The van der Waals surface area contributed by atoms with Gasteiger partial charge in [-0.25, -0.2) is 0 Å². The number of ether oxygens (including phenoxy) is 1. The van der Waals surface area contributed by atoms with Gasteiger partial charge in [0.15, 0.2) is 0 Å². The van der Waals surface area contributed by atoms with Crippen molar-refractivity contribution < 1.29 is 9.53 Å². The summed E-state index contributed by atoms with van der Waals surface area (Å²) in [6.07, 6.45) is 9.26. The van der Waals surface area contributed by atoms with Crippen molar-refractivity contribution in [3.8, 4) is 5.75 Å². The number of amides is 1. The lowest BCUT2D eigenvalue weighted by Crippen LogP contribution is -2.31. The first-order chi connectivity index (χ1) is 11.2. The highest BCUT2D eigenvalue weighted by molar-refractivity contribution is 5.92. The molecule has 1 fully saturated rings. The highest BCUT2D eigenvalue weighted by Crippen LogP contribution is 2.29. The molecule has 23 heavy (non-hydrogen) atoms. The second kappa shape index (κ2) is 6.69. The summed E-state index contributed by atoms with van der Waals surface area (Å²) >= 11 is 0. The number of rotatable bonds is 6. The van der Waals surface area contributed by atoms with E-state index in [2.05, 4.69) is 5.10 Å². The SMILES string of the molecule is COc1ccc(CN(C(=O)/C=C\c2cnn(C)c2)C2CC2)cc1. The Labute approximate surface area is 136 Å². The van der Waals surface area contributed by atoms with E-state index in [-0.39, 0.29) is 5.91 Å². The van der Waals surface area contributed by atoms with Crippen molar-refractivity contribution in [3.05, 3.63) is 53.9 Å². The first-order valence-electron chi connectivity index (χ1n) is 7.76. The minimum atomic E-state index is 0.0483. The van der Waals surface area contributed by atoms with Gasteiger partial charge in [-0.05, 0) is 36.6 Å². The Hall–Kier alpha value is -2.56. The van der Waals surface area contributed by atoms with E-state index in [1.54, 1.807) is 24.1 Å². The fraction of sp³-hybridized carbons (Fsp3) is 0.333. The standard InChI is InChI=1S/C18H21N3O2/c1-20-12-15(11-19-20)5-10-18(22)21(16-6-7-16)13-14-3-8-17(23-2)9-4-14/h3-5,8-12,16H,6-7,13H2,1-2H3/b10-5-. The van der Waals surface area contributed by atoms with Crippen LogP contribution >= 0.6 is 0 Å². The van der Waals surface area contributed by atoms with E-state index < -0.39 is 0 Å². The number of methoxy groups -OCH3 is 1. The minimum absolute atomic E-state index is 0.0483. The van der Waals surface area contributed by atoms with E-state index in [1.165, 1.54) is 0 Å². The van der Waals surface area contributed by atoms with Crippen LogP contribution in [0.25, 0.3) is 6.08 Å². The van der Waals surface area contributed by atoms with Crippen LogP contribution in [0, 0.1) is 0 Å². The third kappa shape index (κ3) is 4.00. The number of hydrogen-bond acceptors (Lipinski definition) is 3. The van der Waals surface area contributed by atoms with E-state index in [9.17, 15) is 4.79 Å². The predicted molar refractivity (Wildman–Crippen MR) is 88.8 cm³/mol. The molecule has 2 aromatic rings. The van der Waals surface area contributed by atoms with Gasteiger partial charge in [0.25, 0.3) is 0 Å². The molecule has 3 rings (SSSR count). The molecular formula is C18H21N3O2. The number of carbonyl (C=O) groups is 1. The summed E-state index contributed by atoms with van der Waals surface area (Å²) in [5.41, 5.74) is 2.04. The first kappa shape index (κ1) is 15.3. The predicted octanol–water partition coefficient (Wildman–Crippen LogP) is 2.63. The molecule has 5 heteroatoms. The molecule has 0 saturated heterocycles. The normalized spacial score (nSPS) is 14.2. The summed E-state index contributed by atoms with van der Waals surface area (Å²) in [5, 5.41) is 4.10. The molecule has 5 nitrogen and oxygen atoms in total. The largest absolute Gasteiger partial charge is 0.497 e. The molecular weight excluding hydrogens is 290 g/mol. The van der Waals surface area contributed by atoms with E-state index in [0.717, 1.165) is 29.7 Å². The third-order valence-electron chi connectivity index (χ3n) is 3.93. The number of hydrogen-bond donors (Lipinski definition) is 0. The monoisotopic (exact) mass is 311 g/mol. The van der Waals surface area contributed by atoms with Gasteiger partial charge in [-0.1, -0.05) is 12.1 Å². The first-order valence-corrected chi connectivity index (χ1v) is 7.76. The van der Waals surface area contributed by atoms with E-state index >= 15 is 0 Å². The van der Waals surface area contributed by atoms with Gasteiger partial charge in [-0.15, -0.1) is 0 Å². The summed E-state index contributed by atoms with van der Waals surface area (Å²) in [6, 6.07) is 8.23. The highest BCUT2D eigenvalue weighted by atomic mass is 16.5. The molecule has 0 radical (unpaired) electrons. The Morgan fingerprint density at radius 2 is 2.13 bits per heavy atom. The summed E-state index contributed by atoms with van der Waals surface area (Å²) in [7, 11) is 3.51. The molecule has 0 N–H and O–H groups in total. The van der Waals surface area contributed by atoms with Gasteiger partial charge in [0, 0.05) is 37.5 Å². The summed E-state index contributed by atoms with van der Waals surface area (Å²) in [6.45, 7) is 0.630. The van der Waals surface area contributed by atoms with Crippen LogP contribution < -0.4 is 4.74 Å². The van der Waals surface area contributed by atoms with E-state index in [1.807, 2.05) is 48.5 Å². The van der Waals surface area contributed by atoms with Crippen LogP contribution in [0.1, 0.15) is 24.0 Å². The molecule has 1 aliphatic carbocycles. The Morgan fingerprint density at radius 3 is 2.70 bits per heavy atom. The van der Waals surface area contributed by atoms with Crippen LogP contribution in [-0.4, -0.2) is 33.7 Å². The lowest BCUT2D eigenvalue weighted by Gasteiger charge is -2.21. The molecule has 120 valence electrons. The topological polar surface area (TPSA) is 47.4 Å². The molecule has 0 atom stereocenters. The molecule has 0 spiro atoms. The van der Waals surface area contributed by atoms with Crippen LogP contribution in [0.5, 0.6) is 5.75 Å². The minimum Gasteiger partial charge on any atom is -0.497 e. The van der Waals surface area contributed by atoms with Crippen LogP contribution in [0.2, 0.25) is 0 Å². The van der Waals surface area contributed by atoms with Crippen molar-refractivity contribution in [2.75, 3.05) is 7.11 Å². The molecule has 1 aromatic carbocycles. The van der Waals surface area contributed by atoms with Crippen molar-refractivity contribution >= 4 is 12.0 Å². The van der Waals surface area contributed by atoms with Gasteiger partial charge in [-0.3, -0.25) is 9.48 Å². The third-order valence-corrected chi connectivity index (χ3v) is 3.93. The molecule has 0 unspecified atom stereocenters.